The molecule has 0 bridgehead atoms. The number of hydrogen-bond acceptors (Lipinski definition) is 2. The average Bonchev–Trinajstić information content (AvgIpc) is 3.98. The molecule has 0 unspecified atom stereocenters. The smallest absolute Gasteiger partial charge is 0.0541 e. The molecule has 12 aromatic rings. The molecule has 0 fully saturated rings. The van der Waals surface area contributed by atoms with Gasteiger partial charge < -0.3 is 14.4 Å². The van der Waals surface area contributed by atoms with Crippen LogP contribution in [-0.2, 0) is 10.8 Å². The van der Waals surface area contributed by atoms with E-state index < -0.39 is 0 Å². The van der Waals surface area contributed by atoms with Crippen LogP contribution < -0.4 is 9.80 Å². The Morgan fingerprint density at radius 3 is 1.41 bits per heavy atom. The largest absolute Gasteiger partial charge is 0.311 e. The zero-order chi connectivity index (χ0) is 49.0. The van der Waals surface area contributed by atoms with Gasteiger partial charge in [0.2, 0.25) is 0 Å². The first-order chi connectivity index (χ1) is 35.7. The van der Waals surface area contributed by atoms with E-state index in [1.807, 2.05) is 0 Å². The highest BCUT2D eigenvalue weighted by Crippen LogP contribution is 2.54. The van der Waals surface area contributed by atoms with Crippen molar-refractivity contribution in [2.75, 3.05) is 9.80 Å². The highest BCUT2D eigenvalue weighted by molar-refractivity contribution is 6.11. The van der Waals surface area contributed by atoms with E-state index in [1.165, 1.54) is 93.9 Å². The van der Waals surface area contributed by atoms with Crippen molar-refractivity contribution in [1.29, 1.82) is 0 Å². The second-order valence-electron chi connectivity index (χ2n) is 21.0. The lowest BCUT2D eigenvalue weighted by Crippen LogP contribution is -2.18. The predicted octanol–water partition coefficient (Wildman–Crippen LogP) is 19.2. The molecule has 11 aromatic carbocycles. The van der Waals surface area contributed by atoms with Crippen LogP contribution in [0, 0.1) is 0 Å². The summed E-state index contributed by atoms with van der Waals surface area (Å²) in [4.78, 5) is 4.79. The van der Waals surface area contributed by atoms with E-state index in [1.54, 1.807) is 0 Å². The summed E-state index contributed by atoms with van der Waals surface area (Å²) in [5.74, 6) is 0. The van der Waals surface area contributed by atoms with Gasteiger partial charge in [-0.2, -0.15) is 0 Å². The van der Waals surface area contributed by atoms with E-state index in [0.29, 0.717) is 0 Å². The Hall–Kier alpha value is -8.92. The molecule has 0 atom stereocenters. The lowest BCUT2D eigenvalue weighted by atomic mass is 9.81. The maximum Gasteiger partial charge on any atom is 0.0541 e. The Labute approximate surface area is 427 Å². The molecule has 0 amide bonds. The van der Waals surface area contributed by atoms with Crippen molar-refractivity contribution < 1.29 is 0 Å². The lowest BCUT2D eigenvalue weighted by molar-refractivity contribution is 0.660. The van der Waals surface area contributed by atoms with Crippen LogP contribution in [0.1, 0.15) is 49.9 Å². The number of rotatable bonds is 8. The number of anilines is 6. The molecule has 14 rings (SSSR count). The van der Waals surface area contributed by atoms with Crippen LogP contribution in [0.3, 0.4) is 0 Å². The van der Waals surface area contributed by atoms with Gasteiger partial charge in [-0.1, -0.05) is 167 Å². The minimum atomic E-state index is -0.254. The maximum atomic E-state index is 2.47. The zero-order valence-electron chi connectivity index (χ0n) is 41.5. The Morgan fingerprint density at radius 2 is 0.740 bits per heavy atom. The SMILES string of the molecule is CC1(C)c2ccccc2-c2ccc(N(c3ccc(N(c4ccccc4)c4ccccc4)cc3)c3ccc4c(c3)C(C)(C)c3cc(-c5ccc6c(c5)c5ccccc5n6-c5ccc6ccccc6c5)ccc3-4)cc21. The molecular weight excluding hydrogens is 883 g/mol. The third kappa shape index (κ3) is 6.72. The first kappa shape index (κ1) is 42.9. The van der Waals surface area contributed by atoms with Crippen LogP contribution in [-0.4, -0.2) is 4.57 Å². The summed E-state index contributed by atoms with van der Waals surface area (Å²) in [6.45, 7) is 9.55. The summed E-state index contributed by atoms with van der Waals surface area (Å²) in [6, 6.07) is 92.0. The second-order valence-corrected chi connectivity index (χ2v) is 21.0. The van der Waals surface area contributed by atoms with Crippen LogP contribution in [0.15, 0.2) is 249 Å². The number of fused-ring (bicyclic) bond motifs is 10. The third-order valence-corrected chi connectivity index (χ3v) is 16.1. The van der Waals surface area contributed by atoms with E-state index in [9.17, 15) is 0 Å². The van der Waals surface area contributed by atoms with Gasteiger partial charge in [-0.05, 0) is 176 Å². The van der Waals surface area contributed by atoms with Crippen molar-refractivity contribution >= 4 is 66.7 Å². The molecule has 0 spiro atoms. The fourth-order valence-electron chi connectivity index (χ4n) is 12.4. The third-order valence-electron chi connectivity index (χ3n) is 16.1. The first-order valence-electron chi connectivity index (χ1n) is 25.6. The van der Waals surface area contributed by atoms with E-state index in [0.717, 1.165) is 34.1 Å². The quantitative estimate of drug-likeness (QED) is 0.150. The van der Waals surface area contributed by atoms with Crippen molar-refractivity contribution in [3.05, 3.63) is 271 Å². The van der Waals surface area contributed by atoms with Gasteiger partial charge in [-0.3, -0.25) is 0 Å². The summed E-state index contributed by atoms with van der Waals surface area (Å²) < 4.78 is 2.42. The topological polar surface area (TPSA) is 11.4 Å². The van der Waals surface area contributed by atoms with Crippen molar-refractivity contribution in [1.82, 2.24) is 4.57 Å². The molecule has 348 valence electrons. The number of hydrogen-bond donors (Lipinski definition) is 0. The van der Waals surface area contributed by atoms with Gasteiger partial charge in [0.25, 0.3) is 0 Å². The van der Waals surface area contributed by atoms with E-state index in [2.05, 4.69) is 291 Å². The maximum absolute atomic E-state index is 2.47. The predicted molar refractivity (Wildman–Crippen MR) is 308 cm³/mol. The van der Waals surface area contributed by atoms with Crippen molar-refractivity contribution in [3.8, 4) is 39.1 Å². The lowest BCUT2D eigenvalue weighted by Gasteiger charge is -2.30. The zero-order valence-corrected chi connectivity index (χ0v) is 41.5. The molecule has 0 aliphatic heterocycles. The minimum Gasteiger partial charge on any atom is -0.311 e. The summed E-state index contributed by atoms with van der Waals surface area (Å²) in [5.41, 5.74) is 23.0. The number of aromatic nitrogens is 1. The van der Waals surface area contributed by atoms with Gasteiger partial charge in [0.15, 0.2) is 0 Å². The van der Waals surface area contributed by atoms with Crippen LogP contribution >= 0.6 is 0 Å². The number of nitrogens with zero attached hydrogens (tertiary/aromatic N) is 3. The van der Waals surface area contributed by atoms with Gasteiger partial charge in [0.05, 0.1) is 11.0 Å². The van der Waals surface area contributed by atoms with Crippen LogP contribution in [0.25, 0.3) is 71.6 Å². The Bertz CT molecular complexity index is 4100. The molecule has 1 heterocycles. The number of benzene rings is 11. The molecule has 0 saturated carbocycles. The number of para-hydroxylation sites is 3. The molecule has 73 heavy (non-hydrogen) atoms. The molecule has 2 aliphatic rings. The van der Waals surface area contributed by atoms with E-state index in [4.69, 9.17) is 0 Å². The monoisotopic (exact) mass is 935 g/mol. The van der Waals surface area contributed by atoms with Gasteiger partial charge in [0.1, 0.15) is 0 Å². The summed E-state index contributed by atoms with van der Waals surface area (Å²) in [7, 11) is 0. The summed E-state index contributed by atoms with van der Waals surface area (Å²) in [5, 5.41) is 5.01. The van der Waals surface area contributed by atoms with Gasteiger partial charge in [-0.25, -0.2) is 0 Å². The van der Waals surface area contributed by atoms with Crippen molar-refractivity contribution in [3.63, 3.8) is 0 Å². The molecule has 2 aliphatic carbocycles. The molecule has 3 heteroatoms. The fourth-order valence-corrected chi connectivity index (χ4v) is 12.4. The Morgan fingerprint density at radius 1 is 0.288 bits per heavy atom. The highest BCUT2D eigenvalue weighted by Gasteiger charge is 2.38. The molecule has 3 nitrogen and oxygen atoms in total. The van der Waals surface area contributed by atoms with Crippen molar-refractivity contribution in [2.24, 2.45) is 0 Å². The Kier molecular flexibility index (Phi) is 9.59. The minimum absolute atomic E-state index is 0.137. The molecular formula is C70H53N3. The van der Waals surface area contributed by atoms with E-state index >= 15 is 0 Å². The molecule has 1 aromatic heterocycles. The standard InChI is InChI=1S/C70H53N3/c1-69(2)63-25-15-13-23-57(63)59-38-35-55(44-65(59)69)72(53-33-31-52(32-34-53)71(50-19-7-5-8-20-50)51-21-9-6-10-22-51)56-36-39-60-58-37-28-49(43-64(58)70(3,4)66(60)45-56)48-29-40-68-62(42-48)61-24-14-16-26-67(61)73(68)54-30-27-46-17-11-12-18-47(46)41-54/h5-45H,1-4H3. The highest BCUT2D eigenvalue weighted by atomic mass is 15.2. The fraction of sp³-hybridized carbons (Fsp3) is 0.0857. The molecule has 0 radical (unpaired) electrons. The van der Waals surface area contributed by atoms with Crippen molar-refractivity contribution in [2.45, 2.75) is 38.5 Å². The first-order valence-corrected chi connectivity index (χ1v) is 25.6. The Balaban J connectivity index is 0.862. The normalized spacial score (nSPS) is 13.7. The van der Waals surface area contributed by atoms with Crippen LogP contribution in [0.4, 0.5) is 34.1 Å². The summed E-state index contributed by atoms with van der Waals surface area (Å²) >= 11 is 0. The van der Waals surface area contributed by atoms with Gasteiger partial charge in [-0.15, -0.1) is 0 Å². The average molecular weight is 936 g/mol. The van der Waals surface area contributed by atoms with Gasteiger partial charge >= 0.3 is 0 Å². The van der Waals surface area contributed by atoms with E-state index in [-0.39, 0.29) is 10.8 Å². The second kappa shape index (κ2) is 16.3. The van der Waals surface area contributed by atoms with Crippen LogP contribution in [0.5, 0.6) is 0 Å². The molecule has 0 N–H and O–H groups in total. The molecule has 0 saturated heterocycles. The summed E-state index contributed by atoms with van der Waals surface area (Å²) in [6.07, 6.45) is 0. The van der Waals surface area contributed by atoms with Crippen LogP contribution in [0.2, 0.25) is 0 Å². The van der Waals surface area contributed by atoms with Gasteiger partial charge in [0, 0.05) is 61.4 Å².